The van der Waals surface area contributed by atoms with Crippen LogP contribution < -0.4 is 0 Å². The molecule has 6 nitrogen and oxygen atoms in total. The average molecular weight is 897 g/mol. The van der Waals surface area contributed by atoms with Gasteiger partial charge in [0.25, 0.3) is 0 Å². The Bertz CT molecular complexity index is 1120. The van der Waals surface area contributed by atoms with Crippen LogP contribution >= 0.6 is 0 Å². The summed E-state index contributed by atoms with van der Waals surface area (Å²) in [5.41, 5.74) is 0. The first-order chi connectivity index (χ1) is 31.5. The molecule has 0 rings (SSSR count). The molecule has 0 spiro atoms. The van der Waals surface area contributed by atoms with Crippen LogP contribution in [0.4, 0.5) is 0 Å². The van der Waals surface area contributed by atoms with Crippen LogP contribution in [0.5, 0.6) is 0 Å². The van der Waals surface area contributed by atoms with Gasteiger partial charge in [-0.15, -0.1) is 0 Å². The van der Waals surface area contributed by atoms with E-state index in [2.05, 4.69) is 69.4 Å². The summed E-state index contributed by atoms with van der Waals surface area (Å²) in [6.07, 6.45) is 63.8. The maximum atomic E-state index is 12.8. The molecule has 0 fully saturated rings. The van der Waals surface area contributed by atoms with Crippen molar-refractivity contribution in [3.63, 3.8) is 0 Å². The minimum Gasteiger partial charge on any atom is -0.462 e. The number of carbonyl (C=O) groups excluding carboxylic acids is 3. The highest BCUT2D eigenvalue weighted by atomic mass is 16.6. The van der Waals surface area contributed by atoms with E-state index in [4.69, 9.17) is 14.2 Å². The number of carbonyl (C=O) groups is 3. The molecule has 0 heterocycles. The van der Waals surface area contributed by atoms with Gasteiger partial charge in [-0.1, -0.05) is 217 Å². The summed E-state index contributed by atoms with van der Waals surface area (Å²) in [6, 6.07) is 0. The molecule has 0 aliphatic heterocycles. The molecule has 0 N–H and O–H groups in total. The van der Waals surface area contributed by atoms with Gasteiger partial charge >= 0.3 is 17.9 Å². The van der Waals surface area contributed by atoms with E-state index in [1.54, 1.807) is 0 Å². The maximum Gasteiger partial charge on any atom is 0.306 e. The molecule has 0 aliphatic carbocycles. The lowest BCUT2D eigenvalue weighted by Crippen LogP contribution is -2.30. The predicted molar refractivity (Wildman–Crippen MR) is 275 cm³/mol. The number of esters is 3. The normalized spacial score (nSPS) is 12.4. The second-order valence-electron chi connectivity index (χ2n) is 18.5. The first-order valence-electron chi connectivity index (χ1n) is 27.7. The van der Waals surface area contributed by atoms with Gasteiger partial charge in [0.15, 0.2) is 6.10 Å². The zero-order valence-electron chi connectivity index (χ0n) is 42.6. The van der Waals surface area contributed by atoms with Crippen molar-refractivity contribution < 1.29 is 28.6 Å². The number of ether oxygens (including phenoxy) is 3. The van der Waals surface area contributed by atoms with Crippen LogP contribution in [0.1, 0.15) is 284 Å². The van der Waals surface area contributed by atoms with Crippen LogP contribution in [0.25, 0.3) is 0 Å². The van der Waals surface area contributed by atoms with E-state index in [0.717, 1.165) is 77.0 Å². The Hall–Kier alpha value is -2.63. The van der Waals surface area contributed by atoms with Crippen LogP contribution in [0.3, 0.4) is 0 Å². The third-order valence-corrected chi connectivity index (χ3v) is 12.1. The zero-order chi connectivity index (χ0) is 46.5. The van der Waals surface area contributed by atoms with Crippen molar-refractivity contribution >= 4 is 17.9 Å². The van der Waals surface area contributed by atoms with E-state index in [0.29, 0.717) is 19.3 Å². The topological polar surface area (TPSA) is 78.9 Å². The Kier molecular flexibility index (Phi) is 50.8. The van der Waals surface area contributed by atoms with E-state index < -0.39 is 6.10 Å². The molecule has 0 saturated carbocycles. The van der Waals surface area contributed by atoms with Crippen molar-refractivity contribution in [1.29, 1.82) is 0 Å². The number of hydrogen-bond acceptors (Lipinski definition) is 6. The molecule has 6 heteroatoms. The minimum absolute atomic E-state index is 0.0818. The molecule has 0 radical (unpaired) electrons. The third kappa shape index (κ3) is 50.4. The summed E-state index contributed by atoms with van der Waals surface area (Å²) >= 11 is 0. The molecule has 0 amide bonds. The number of hydrogen-bond donors (Lipinski definition) is 0. The number of allylic oxidation sites excluding steroid dienone is 8. The molecule has 1 unspecified atom stereocenters. The van der Waals surface area contributed by atoms with Gasteiger partial charge in [-0.2, -0.15) is 0 Å². The van der Waals surface area contributed by atoms with Gasteiger partial charge in [-0.3, -0.25) is 14.4 Å². The summed E-state index contributed by atoms with van der Waals surface area (Å²) in [5.74, 6) is -0.898. The molecule has 1 atom stereocenters. The lowest BCUT2D eigenvalue weighted by atomic mass is 10.1. The lowest BCUT2D eigenvalue weighted by molar-refractivity contribution is -0.167. The minimum atomic E-state index is -0.783. The molecule has 372 valence electrons. The fourth-order valence-electron chi connectivity index (χ4n) is 7.83. The summed E-state index contributed by atoms with van der Waals surface area (Å²) < 4.78 is 16.8. The highest BCUT2D eigenvalue weighted by Gasteiger charge is 2.19. The van der Waals surface area contributed by atoms with E-state index in [1.807, 2.05) is 0 Å². The van der Waals surface area contributed by atoms with E-state index >= 15 is 0 Å². The van der Waals surface area contributed by atoms with Crippen LogP contribution in [-0.4, -0.2) is 37.2 Å². The van der Waals surface area contributed by atoms with Gasteiger partial charge in [0.05, 0.1) is 0 Å². The summed E-state index contributed by atoms with van der Waals surface area (Å²) in [7, 11) is 0. The van der Waals surface area contributed by atoms with Gasteiger partial charge in [0.2, 0.25) is 0 Å². The number of rotatable bonds is 50. The van der Waals surface area contributed by atoms with Gasteiger partial charge in [-0.25, -0.2) is 0 Å². The molecule has 0 aliphatic rings. The van der Waals surface area contributed by atoms with Crippen LogP contribution in [0.2, 0.25) is 0 Å². The lowest BCUT2D eigenvalue weighted by Gasteiger charge is -2.18. The van der Waals surface area contributed by atoms with E-state index in [9.17, 15) is 14.4 Å². The first kappa shape index (κ1) is 61.4. The van der Waals surface area contributed by atoms with Crippen LogP contribution in [0.15, 0.2) is 48.6 Å². The van der Waals surface area contributed by atoms with Crippen molar-refractivity contribution in [1.82, 2.24) is 0 Å². The van der Waals surface area contributed by atoms with Crippen molar-refractivity contribution in [2.24, 2.45) is 0 Å². The van der Waals surface area contributed by atoms with Crippen molar-refractivity contribution in [3.8, 4) is 0 Å². The van der Waals surface area contributed by atoms with Crippen LogP contribution in [0, 0.1) is 0 Å². The molecule has 0 aromatic heterocycles. The highest BCUT2D eigenvalue weighted by Crippen LogP contribution is 2.15. The Balaban J connectivity index is 4.36. The Morgan fingerprint density at radius 1 is 0.312 bits per heavy atom. The SMILES string of the molecule is CCCCC/C=C\C=C/CCCCCCCCC(=O)OC(COC(=O)CCCCCCC/C=C\CCCCC)COC(=O)CCCCCCCCC/C=C\CCCCCCCCCC. The molecule has 0 aromatic carbocycles. The average Bonchev–Trinajstić information content (AvgIpc) is 3.29. The second kappa shape index (κ2) is 53.0. The molecular weight excluding hydrogens is 793 g/mol. The number of unbranched alkanes of at least 4 members (excludes halogenated alkanes) is 32. The van der Waals surface area contributed by atoms with Crippen molar-refractivity contribution in [2.75, 3.05) is 13.2 Å². The molecule has 0 bridgehead atoms. The second-order valence-corrected chi connectivity index (χ2v) is 18.5. The van der Waals surface area contributed by atoms with Gasteiger partial charge in [0.1, 0.15) is 13.2 Å². The first-order valence-corrected chi connectivity index (χ1v) is 27.7. The fraction of sp³-hybridized carbons (Fsp3) is 0.810. The van der Waals surface area contributed by atoms with Crippen molar-refractivity contribution in [3.05, 3.63) is 48.6 Å². The predicted octanol–water partition coefficient (Wildman–Crippen LogP) is 18.3. The standard InChI is InChI=1S/C58H104O6/c1-4-7-10-13-16-19-22-25-27-28-29-30-32-33-36-39-42-45-48-51-57(60)63-54-55(53-62-56(59)50-47-44-41-38-35-24-21-18-15-12-9-6-3)64-58(61)52-49-46-43-40-37-34-31-26-23-20-17-14-11-8-5-2/h17-18,20-21,23,26,28-29,55H,4-16,19,22,24-25,27,30-54H2,1-3H3/b20-17-,21-18-,26-23-,29-28-. The fourth-order valence-corrected chi connectivity index (χ4v) is 7.83. The van der Waals surface area contributed by atoms with Gasteiger partial charge in [0, 0.05) is 19.3 Å². The quantitative estimate of drug-likeness (QED) is 0.0199. The van der Waals surface area contributed by atoms with Gasteiger partial charge in [-0.05, 0) is 96.3 Å². The van der Waals surface area contributed by atoms with Gasteiger partial charge < -0.3 is 14.2 Å². The molecular formula is C58H104O6. The summed E-state index contributed by atoms with van der Waals surface area (Å²) in [6.45, 7) is 6.58. The Morgan fingerprint density at radius 2 is 0.562 bits per heavy atom. The monoisotopic (exact) mass is 897 g/mol. The Morgan fingerprint density at radius 3 is 0.906 bits per heavy atom. The maximum absolute atomic E-state index is 12.8. The highest BCUT2D eigenvalue weighted by molar-refractivity contribution is 5.71. The summed E-state index contributed by atoms with van der Waals surface area (Å²) in [5, 5.41) is 0. The smallest absolute Gasteiger partial charge is 0.306 e. The van der Waals surface area contributed by atoms with E-state index in [-0.39, 0.29) is 31.1 Å². The summed E-state index contributed by atoms with van der Waals surface area (Å²) in [4.78, 5) is 38.0. The third-order valence-electron chi connectivity index (χ3n) is 12.1. The van der Waals surface area contributed by atoms with E-state index in [1.165, 1.54) is 167 Å². The molecule has 0 saturated heterocycles. The zero-order valence-corrected chi connectivity index (χ0v) is 42.6. The van der Waals surface area contributed by atoms with Crippen LogP contribution in [-0.2, 0) is 28.6 Å². The van der Waals surface area contributed by atoms with Crippen molar-refractivity contribution in [2.45, 2.75) is 290 Å². The molecule has 0 aromatic rings. The Labute approximate surface area is 397 Å². The largest absolute Gasteiger partial charge is 0.462 e. The molecule has 64 heavy (non-hydrogen) atoms.